The van der Waals surface area contributed by atoms with Crippen LogP contribution < -0.4 is 0 Å². The first kappa shape index (κ1) is 18.1. The Morgan fingerprint density at radius 1 is 1.19 bits per heavy atom. The maximum Gasteiger partial charge on any atom is 0.267 e. The highest BCUT2D eigenvalue weighted by molar-refractivity contribution is 8.18. The van der Waals surface area contributed by atoms with Gasteiger partial charge in [-0.2, -0.15) is 4.99 Å². The number of carbonyl (C=O) groups excluding carboxylic acids is 1. The Kier molecular flexibility index (Phi) is 5.18. The van der Waals surface area contributed by atoms with Gasteiger partial charge in [0.25, 0.3) is 5.91 Å². The number of thiazole rings is 1. The fourth-order valence-corrected chi connectivity index (χ4v) is 4.96. The first-order valence-corrected chi connectivity index (χ1v) is 10.5. The van der Waals surface area contributed by atoms with Gasteiger partial charge in [-0.05, 0) is 48.4 Å². The molecule has 2 aliphatic rings. The molecule has 6 nitrogen and oxygen atoms in total. The first-order chi connectivity index (χ1) is 13.1. The summed E-state index contributed by atoms with van der Waals surface area (Å²) in [7, 11) is 0. The predicted octanol–water partition coefficient (Wildman–Crippen LogP) is 4.49. The number of benzene rings is 1. The van der Waals surface area contributed by atoms with Crippen molar-refractivity contribution in [2.75, 3.05) is 0 Å². The van der Waals surface area contributed by atoms with Crippen molar-refractivity contribution in [1.29, 1.82) is 0 Å². The van der Waals surface area contributed by atoms with Crippen molar-refractivity contribution in [1.82, 2.24) is 9.88 Å². The van der Waals surface area contributed by atoms with E-state index in [1.165, 1.54) is 41.7 Å². The van der Waals surface area contributed by atoms with E-state index in [1.807, 2.05) is 10.3 Å². The molecule has 4 rings (SSSR count). The van der Waals surface area contributed by atoms with E-state index in [9.17, 15) is 15.0 Å². The number of amides is 1. The molecule has 140 valence electrons. The van der Waals surface area contributed by atoms with Crippen LogP contribution in [0.3, 0.4) is 0 Å². The van der Waals surface area contributed by atoms with Crippen LogP contribution in [0.15, 0.2) is 39.7 Å². The fourth-order valence-electron chi connectivity index (χ4n) is 3.36. The standard InChI is InChI=1S/C19H19N3O3S2/c23-14-7-6-12(10-15(14)24)11-16-17(25)22(13-4-2-1-3-5-13)19(27-16)21-18-20-8-9-26-18/h6-11,13,23-24H,1-5H2/b16-11-,21-19+. The minimum absolute atomic E-state index is 0.0604. The minimum Gasteiger partial charge on any atom is -0.504 e. The Bertz CT molecular complexity index is 903. The van der Waals surface area contributed by atoms with Gasteiger partial charge in [0.2, 0.25) is 5.13 Å². The summed E-state index contributed by atoms with van der Waals surface area (Å²) in [6.07, 6.45) is 8.84. The highest BCUT2D eigenvalue weighted by Crippen LogP contribution is 2.39. The maximum atomic E-state index is 13.1. The molecule has 1 aromatic carbocycles. The molecule has 0 atom stereocenters. The van der Waals surface area contributed by atoms with Crippen molar-refractivity contribution in [2.45, 2.75) is 38.1 Å². The van der Waals surface area contributed by atoms with Crippen LogP contribution in [0.25, 0.3) is 6.08 Å². The smallest absolute Gasteiger partial charge is 0.267 e. The zero-order valence-corrected chi connectivity index (χ0v) is 16.2. The van der Waals surface area contributed by atoms with Crippen LogP contribution in [0.5, 0.6) is 11.5 Å². The lowest BCUT2D eigenvalue weighted by atomic mass is 9.94. The topological polar surface area (TPSA) is 86.0 Å². The number of phenolic OH excluding ortho intramolecular Hbond substituents is 2. The molecule has 2 fully saturated rings. The molecular formula is C19H19N3O3S2. The number of amidine groups is 1. The maximum absolute atomic E-state index is 13.1. The normalized spacial score (nSPS) is 21.5. The number of phenols is 2. The van der Waals surface area contributed by atoms with E-state index in [4.69, 9.17) is 0 Å². The number of nitrogens with zero attached hydrogens (tertiary/aromatic N) is 3. The molecule has 1 amide bonds. The van der Waals surface area contributed by atoms with E-state index in [0.717, 1.165) is 25.7 Å². The van der Waals surface area contributed by atoms with Gasteiger partial charge in [-0.1, -0.05) is 25.3 Å². The fraction of sp³-hybridized carbons (Fsp3) is 0.316. The summed E-state index contributed by atoms with van der Waals surface area (Å²) in [6.45, 7) is 0. The van der Waals surface area contributed by atoms with E-state index in [1.54, 1.807) is 18.3 Å². The quantitative estimate of drug-likeness (QED) is 0.584. The molecule has 0 radical (unpaired) electrons. The lowest BCUT2D eigenvalue weighted by Crippen LogP contribution is -2.40. The number of aromatic nitrogens is 1. The van der Waals surface area contributed by atoms with Crippen LogP contribution in [-0.4, -0.2) is 37.2 Å². The lowest BCUT2D eigenvalue weighted by Gasteiger charge is -2.30. The molecule has 8 heteroatoms. The van der Waals surface area contributed by atoms with Gasteiger partial charge in [-0.15, -0.1) is 11.3 Å². The van der Waals surface area contributed by atoms with E-state index in [-0.39, 0.29) is 23.4 Å². The number of rotatable bonds is 3. The Labute approximate surface area is 165 Å². The summed E-state index contributed by atoms with van der Waals surface area (Å²) in [4.78, 5) is 24.3. The molecule has 27 heavy (non-hydrogen) atoms. The van der Waals surface area contributed by atoms with Gasteiger partial charge >= 0.3 is 0 Å². The Balaban J connectivity index is 1.68. The molecule has 1 saturated carbocycles. The largest absolute Gasteiger partial charge is 0.504 e. The van der Waals surface area contributed by atoms with Crippen molar-refractivity contribution in [3.63, 3.8) is 0 Å². The van der Waals surface area contributed by atoms with Gasteiger partial charge in [0.1, 0.15) is 0 Å². The van der Waals surface area contributed by atoms with E-state index >= 15 is 0 Å². The second-order valence-electron chi connectivity index (χ2n) is 6.53. The summed E-state index contributed by atoms with van der Waals surface area (Å²) in [5.41, 5.74) is 0.653. The van der Waals surface area contributed by atoms with Gasteiger partial charge in [0, 0.05) is 17.6 Å². The molecule has 1 aliphatic carbocycles. The highest BCUT2D eigenvalue weighted by atomic mass is 32.2. The first-order valence-electron chi connectivity index (χ1n) is 8.85. The number of aromatic hydroxyl groups is 2. The molecule has 1 aromatic heterocycles. The molecule has 1 aliphatic heterocycles. The van der Waals surface area contributed by atoms with Gasteiger partial charge in [0.05, 0.1) is 4.91 Å². The summed E-state index contributed by atoms with van der Waals surface area (Å²) in [5.74, 6) is -0.451. The van der Waals surface area contributed by atoms with Gasteiger partial charge in [0.15, 0.2) is 16.7 Å². The third kappa shape index (κ3) is 3.86. The second-order valence-corrected chi connectivity index (χ2v) is 8.42. The SMILES string of the molecule is O=C1/C(=C/c2ccc(O)c(O)c2)S/C(=N/c2nccs2)N1C1CCCCC1. The van der Waals surface area contributed by atoms with E-state index in [0.29, 0.717) is 20.8 Å². The van der Waals surface area contributed by atoms with Crippen LogP contribution in [0.1, 0.15) is 37.7 Å². The third-order valence-electron chi connectivity index (χ3n) is 4.68. The summed E-state index contributed by atoms with van der Waals surface area (Å²) in [6, 6.07) is 4.68. The molecule has 0 spiro atoms. The van der Waals surface area contributed by atoms with Crippen LogP contribution in [0, 0.1) is 0 Å². The second kappa shape index (κ2) is 7.74. The molecule has 1 saturated heterocycles. The van der Waals surface area contributed by atoms with Gasteiger partial charge in [-0.3, -0.25) is 9.69 Å². The molecule has 2 N–H and O–H groups in total. The summed E-state index contributed by atoms with van der Waals surface area (Å²) < 4.78 is 0. The Hall–Kier alpha value is -2.32. The Morgan fingerprint density at radius 2 is 2.00 bits per heavy atom. The number of thioether (sulfide) groups is 1. The third-order valence-corrected chi connectivity index (χ3v) is 6.33. The van der Waals surface area contributed by atoms with Crippen molar-refractivity contribution in [3.05, 3.63) is 40.2 Å². The number of aliphatic imine (C=N–C) groups is 1. The van der Waals surface area contributed by atoms with Crippen molar-refractivity contribution >= 4 is 45.4 Å². The van der Waals surface area contributed by atoms with Crippen LogP contribution in [-0.2, 0) is 4.79 Å². The monoisotopic (exact) mass is 401 g/mol. The van der Waals surface area contributed by atoms with E-state index in [2.05, 4.69) is 9.98 Å². The number of carbonyl (C=O) groups is 1. The van der Waals surface area contributed by atoms with Crippen LogP contribution in [0.4, 0.5) is 5.13 Å². The van der Waals surface area contributed by atoms with Gasteiger partial charge in [-0.25, -0.2) is 4.98 Å². The predicted molar refractivity (Wildman–Crippen MR) is 108 cm³/mol. The zero-order valence-electron chi connectivity index (χ0n) is 14.5. The molecule has 0 bridgehead atoms. The van der Waals surface area contributed by atoms with E-state index < -0.39 is 0 Å². The number of hydrogen-bond acceptors (Lipinski definition) is 7. The van der Waals surface area contributed by atoms with Crippen molar-refractivity contribution < 1.29 is 15.0 Å². The molecule has 2 heterocycles. The van der Waals surface area contributed by atoms with Crippen molar-refractivity contribution in [3.8, 4) is 11.5 Å². The minimum atomic E-state index is -0.208. The average molecular weight is 402 g/mol. The highest BCUT2D eigenvalue weighted by Gasteiger charge is 2.38. The molecule has 0 unspecified atom stereocenters. The number of hydrogen-bond donors (Lipinski definition) is 2. The van der Waals surface area contributed by atoms with Crippen molar-refractivity contribution in [2.24, 2.45) is 4.99 Å². The van der Waals surface area contributed by atoms with Crippen LogP contribution >= 0.6 is 23.1 Å². The summed E-state index contributed by atoms with van der Waals surface area (Å²) >= 11 is 2.77. The average Bonchev–Trinajstić information content (AvgIpc) is 3.28. The van der Waals surface area contributed by atoms with Crippen LogP contribution in [0.2, 0.25) is 0 Å². The molecular weight excluding hydrogens is 382 g/mol. The summed E-state index contributed by atoms with van der Waals surface area (Å²) in [5, 5.41) is 22.3. The molecule has 2 aromatic rings. The van der Waals surface area contributed by atoms with Gasteiger partial charge < -0.3 is 10.2 Å². The Morgan fingerprint density at radius 3 is 2.70 bits per heavy atom. The zero-order chi connectivity index (χ0) is 18.8. The lowest BCUT2D eigenvalue weighted by molar-refractivity contribution is -0.124.